The molecule has 0 saturated carbocycles. The minimum atomic E-state index is -0.395. The number of anilines is 1. The summed E-state index contributed by atoms with van der Waals surface area (Å²) in [5, 5.41) is 3.88. The Morgan fingerprint density at radius 1 is 1.14 bits per heavy atom. The third-order valence-corrected chi connectivity index (χ3v) is 4.50. The SMILES string of the molecule is COc1ccc(C)cc1NC(=O)COC(=O)CCCc1c[nH]c2ccccc12. The number of aromatic nitrogens is 1. The highest BCUT2D eigenvalue weighted by Crippen LogP contribution is 2.25. The number of rotatable bonds is 8. The van der Waals surface area contributed by atoms with Gasteiger partial charge in [0.05, 0.1) is 12.8 Å². The molecule has 6 heteroatoms. The fourth-order valence-corrected chi connectivity index (χ4v) is 3.09. The molecule has 1 amide bonds. The number of ether oxygens (including phenoxy) is 2. The molecule has 146 valence electrons. The zero-order valence-electron chi connectivity index (χ0n) is 16.1. The number of carbonyl (C=O) groups is 2. The smallest absolute Gasteiger partial charge is 0.306 e. The van der Waals surface area contributed by atoms with Crippen molar-refractivity contribution in [2.75, 3.05) is 19.0 Å². The van der Waals surface area contributed by atoms with Crippen LogP contribution in [-0.2, 0) is 20.7 Å². The highest BCUT2D eigenvalue weighted by molar-refractivity contribution is 5.94. The molecule has 0 radical (unpaired) electrons. The van der Waals surface area contributed by atoms with Gasteiger partial charge in [0, 0.05) is 23.5 Å². The average molecular weight is 380 g/mol. The van der Waals surface area contributed by atoms with Crippen LogP contribution in [0.4, 0.5) is 5.69 Å². The zero-order chi connectivity index (χ0) is 19.9. The number of methoxy groups -OCH3 is 1. The number of nitrogens with one attached hydrogen (secondary N) is 2. The molecule has 0 fully saturated rings. The second kappa shape index (κ2) is 9.08. The van der Waals surface area contributed by atoms with E-state index in [-0.39, 0.29) is 19.0 Å². The van der Waals surface area contributed by atoms with Crippen LogP contribution in [0.25, 0.3) is 10.9 Å². The number of aromatic amines is 1. The maximum Gasteiger partial charge on any atom is 0.306 e. The Labute approximate surface area is 163 Å². The molecule has 2 aromatic carbocycles. The van der Waals surface area contributed by atoms with Crippen LogP contribution in [0, 0.1) is 6.92 Å². The molecule has 2 N–H and O–H groups in total. The van der Waals surface area contributed by atoms with Crippen molar-refractivity contribution < 1.29 is 19.1 Å². The normalized spacial score (nSPS) is 10.6. The Bertz CT molecular complexity index is 978. The standard InChI is InChI=1S/C22H24N2O4/c1-15-10-11-20(27-2)19(12-15)24-21(25)14-28-22(26)9-5-6-16-13-23-18-8-4-3-7-17(16)18/h3-4,7-8,10-13,23H,5-6,9,14H2,1-2H3,(H,24,25). The van der Waals surface area contributed by atoms with Crippen molar-refractivity contribution in [3.63, 3.8) is 0 Å². The number of carbonyl (C=O) groups excluding carboxylic acids is 2. The second-order valence-corrected chi connectivity index (χ2v) is 6.63. The maximum atomic E-state index is 12.1. The lowest BCUT2D eigenvalue weighted by Gasteiger charge is -2.11. The molecule has 0 spiro atoms. The molecule has 0 atom stereocenters. The average Bonchev–Trinajstić information content (AvgIpc) is 3.10. The quantitative estimate of drug-likeness (QED) is 0.579. The number of aryl methyl sites for hydroxylation is 2. The molecule has 0 aliphatic heterocycles. The molecule has 6 nitrogen and oxygen atoms in total. The van der Waals surface area contributed by atoms with Gasteiger partial charge in [0.2, 0.25) is 0 Å². The minimum absolute atomic E-state index is 0.264. The molecule has 0 bridgehead atoms. The lowest BCUT2D eigenvalue weighted by Crippen LogP contribution is -2.21. The molecule has 0 saturated heterocycles. The van der Waals surface area contributed by atoms with E-state index in [1.54, 1.807) is 12.1 Å². The van der Waals surface area contributed by atoms with Crippen LogP contribution >= 0.6 is 0 Å². The molecule has 0 aliphatic carbocycles. The summed E-state index contributed by atoms with van der Waals surface area (Å²) >= 11 is 0. The fraction of sp³-hybridized carbons (Fsp3) is 0.273. The van der Waals surface area contributed by atoms with Gasteiger partial charge in [-0.25, -0.2) is 0 Å². The van der Waals surface area contributed by atoms with Crippen molar-refractivity contribution in [1.82, 2.24) is 4.98 Å². The van der Waals surface area contributed by atoms with Crippen LogP contribution in [-0.4, -0.2) is 30.6 Å². The summed E-state index contributed by atoms with van der Waals surface area (Å²) in [6, 6.07) is 13.5. The van der Waals surface area contributed by atoms with Gasteiger partial charge in [-0.3, -0.25) is 9.59 Å². The van der Waals surface area contributed by atoms with E-state index in [1.165, 1.54) is 18.1 Å². The van der Waals surface area contributed by atoms with E-state index in [9.17, 15) is 9.59 Å². The Hall–Kier alpha value is -3.28. The van der Waals surface area contributed by atoms with Crippen LogP contribution in [0.5, 0.6) is 5.75 Å². The highest BCUT2D eigenvalue weighted by atomic mass is 16.5. The van der Waals surface area contributed by atoms with E-state index in [4.69, 9.17) is 9.47 Å². The molecule has 28 heavy (non-hydrogen) atoms. The number of esters is 1. The number of para-hydroxylation sites is 1. The Kier molecular flexibility index (Phi) is 6.32. The summed E-state index contributed by atoms with van der Waals surface area (Å²) in [4.78, 5) is 27.2. The van der Waals surface area contributed by atoms with Crippen LogP contribution < -0.4 is 10.1 Å². The lowest BCUT2D eigenvalue weighted by atomic mass is 10.1. The van der Waals surface area contributed by atoms with Crippen molar-refractivity contribution in [3.8, 4) is 5.75 Å². The van der Waals surface area contributed by atoms with E-state index >= 15 is 0 Å². The molecule has 3 rings (SSSR count). The number of benzene rings is 2. The Morgan fingerprint density at radius 2 is 1.96 bits per heavy atom. The van der Waals surface area contributed by atoms with Gasteiger partial charge >= 0.3 is 5.97 Å². The number of hydrogen-bond donors (Lipinski definition) is 2. The summed E-state index contributed by atoms with van der Waals surface area (Å²) < 4.78 is 10.3. The summed E-state index contributed by atoms with van der Waals surface area (Å²) in [6.45, 7) is 1.60. The van der Waals surface area contributed by atoms with Crippen LogP contribution in [0.3, 0.4) is 0 Å². The van der Waals surface area contributed by atoms with Crippen molar-refractivity contribution in [1.29, 1.82) is 0 Å². The molecular formula is C22H24N2O4. The lowest BCUT2D eigenvalue weighted by molar-refractivity contribution is -0.147. The first kappa shape index (κ1) is 19.5. The number of H-pyrrole nitrogens is 1. The highest BCUT2D eigenvalue weighted by Gasteiger charge is 2.11. The molecule has 3 aromatic rings. The summed E-state index contributed by atoms with van der Waals surface area (Å²) in [5.41, 5.74) is 3.81. The predicted octanol–water partition coefficient (Wildman–Crippen LogP) is 3.99. The van der Waals surface area contributed by atoms with Crippen molar-refractivity contribution in [3.05, 3.63) is 59.8 Å². The molecule has 1 aromatic heterocycles. The zero-order valence-corrected chi connectivity index (χ0v) is 16.1. The van der Waals surface area contributed by atoms with Crippen LogP contribution in [0.15, 0.2) is 48.7 Å². The second-order valence-electron chi connectivity index (χ2n) is 6.63. The monoisotopic (exact) mass is 380 g/mol. The fourth-order valence-electron chi connectivity index (χ4n) is 3.09. The summed E-state index contributed by atoms with van der Waals surface area (Å²) in [5.74, 6) is -0.218. The maximum absolute atomic E-state index is 12.1. The first-order chi connectivity index (χ1) is 13.6. The largest absolute Gasteiger partial charge is 0.495 e. The number of fused-ring (bicyclic) bond motifs is 1. The van der Waals surface area contributed by atoms with E-state index in [0.717, 1.165) is 17.5 Å². The van der Waals surface area contributed by atoms with Crippen molar-refractivity contribution in [2.45, 2.75) is 26.2 Å². The van der Waals surface area contributed by atoms with E-state index < -0.39 is 5.91 Å². The van der Waals surface area contributed by atoms with E-state index in [0.29, 0.717) is 17.9 Å². The predicted molar refractivity (Wildman–Crippen MR) is 109 cm³/mol. The van der Waals surface area contributed by atoms with E-state index in [2.05, 4.69) is 16.4 Å². The van der Waals surface area contributed by atoms with E-state index in [1.807, 2.05) is 37.4 Å². The van der Waals surface area contributed by atoms with Gasteiger partial charge in [0.1, 0.15) is 5.75 Å². The van der Waals surface area contributed by atoms with Gasteiger partial charge in [0.15, 0.2) is 6.61 Å². The molecule has 0 unspecified atom stereocenters. The molecule has 1 heterocycles. The van der Waals surface area contributed by atoms with Gasteiger partial charge in [-0.15, -0.1) is 0 Å². The topological polar surface area (TPSA) is 80.4 Å². The van der Waals surface area contributed by atoms with Crippen LogP contribution in [0.1, 0.15) is 24.0 Å². The Balaban J connectivity index is 1.43. The third kappa shape index (κ3) is 4.91. The van der Waals surface area contributed by atoms with Gasteiger partial charge in [-0.05, 0) is 49.1 Å². The number of hydrogen-bond acceptors (Lipinski definition) is 4. The van der Waals surface area contributed by atoms with Crippen molar-refractivity contribution >= 4 is 28.5 Å². The summed E-state index contributed by atoms with van der Waals surface area (Å²) in [6.07, 6.45) is 3.67. The van der Waals surface area contributed by atoms with Gasteiger partial charge in [0.25, 0.3) is 5.91 Å². The first-order valence-electron chi connectivity index (χ1n) is 9.22. The van der Waals surface area contributed by atoms with Gasteiger partial charge in [-0.2, -0.15) is 0 Å². The van der Waals surface area contributed by atoms with Crippen molar-refractivity contribution in [2.24, 2.45) is 0 Å². The molecule has 0 aliphatic rings. The van der Waals surface area contributed by atoms with Gasteiger partial charge < -0.3 is 19.8 Å². The van der Waals surface area contributed by atoms with Gasteiger partial charge in [-0.1, -0.05) is 24.3 Å². The third-order valence-electron chi connectivity index (χ3n) is 4.50. The Morgan fingerprint density at radius 3 is 2.79 bits per heavy atom. The van der Waals surface area contributed by atoms with Crippen LogP contribution in [0.2, 0.25) is 0 Å². The molecular weight excluding hydrogens is 356 g/mol. The number of amides is 1. The minimum Gasteiger partial charge on any atom is -0.495 e. The summed E-state index contributed by atoms with van der Waals surface area (Å²) in [7, 11) is 1.54. The first-order valence-corrected chi connectivity index (χ1v) is 9.22.